The molecule has 1 fully saturated rings. The smallest absolute Gasteiger partial charge is 0.216 e. The Morgan fingerprint density at radius 3 is 2.32 bits per heavy atom. The maximum atomic E-state index is 15.4. The lowest BCUT2D eigenvalue weighted by Gasteiger charge is -2.11. The average Bonchev–Trinajstić information content (AvgIpc) is 3.48. The number of halogens is 1. The van der Waals surface area contributed by atoms with Gasteiger partial charge in [0.15, 0.2) is 6.20 Å². The SMILES string of the molecule is [2H]C([2H])([2H])c1ccc(-c2c(C)ccc3c2oc2c(-c4ccc(C5([2H])CCCC5)cc4)c(F)ccc23)[n+](C)c1. The summed E-state index contributed by atoms with van der Waals surface area (Å²) in [5.41, 5.74) is 6.09. The number of hydrogen-bond donors (Lipinski definition) is 0. The fraction of sp³-hybridized carbons (Fsp3) is 0.258. The zero-order valence-corrected chi connectivity index (χ0v) is 19.4. The molecule has 0 amide bonds. The molecule has 2 nitrogen and oxygen atoms in total. The van der Waals surface area contributed by atoms with Gasteiger partial charge in [0.05, 0.1) is 11.1 Å². The standard InChI is InChI=1S/C31H29FNO/c1-19-8-17-27(33(3)18-19)28-20(2)9-14-24-25-15-16-26(32)29(31(25)34-30(24)28)23-12-10-22(11-13-23)21-6-4-5-7-21/h8-18,21H,4-7H2,1-3H3/q+1/i1D3,21D. The van der Waals surface area contributed by atoms with Gasteiger partial charge in [-0.25, -0.2) is 8.96 Å². The van der Waals surface area contributed by atoms with Gasteiger partial charge in [0.2, 0.25) is 5.69 Å². The highest BCUT2D eigenvalue weighted by Gasteiger charge is 2.23. The molecule has 0 unspecified atom stereocenters. The van der Waals surface area contributed by atoms with Crippen LogP contribution in [0.3, 0.4) is 0 Å². The van der Waals surface area contributed by atoms with Gasteiger partial charge < -0.3 is 4.42 Å². The summed E-state index contributed by atoms with van der Waals surface area (Å²) in [6.45, 7) is -0.213. The first kappa shape index (κ1) is 17.0. The van der Waals surface area contributed by atoms with E-state index in [-0.39, 0.29) is 11.4 Å². The lowest BCUT2D eigenvalue weighted by Crippen LogP contribution is -2.31. The summed E-state index contributed by atoms with van der Waals surface area (Å²) in [7, 11) is 1.82. The zero-order valence-electron chi connectivity index (χ0n) is 23.4. The molecule has 0 atom stereocenters. The van der Waals surface area contributed by atoms with E-state index in [0.717, 1.165) is 58.8 Å². The Bertz CT molecular complexity index is 1700. The van der Waals surface area contributed by atoms with Crippen LogP contribution in [0.15, 0.2) is 71.3 Å². The second kappa shape index (κ2) is 8.09. The number of rotatable bonds is 3. The summed E-state index contributed by atoms with van der Waals surface area (Å²) in [6.07, 6.45) is 5.46. The second-order valence-corrected chi connectivity index (χ2v) is 9.34. The Balaban J connectivity index is 1.54. The van der Waals surface area contributed by atoms with E-state index in [0.29, 0.717) is 22.3 Å². The fourth-order valence-electron chi connectivity index (χ4n) is 5.40. The molecule has 0 spiro atoms. The summed E-state index contributed by atoms with van der Waals surface area (Å²) in [5.74, 6) is -0.920. The normalized spacial score (nSPS) is 17.5. The minimum Gasteiger partial charge on any atom is -0.454 e. The summed E-state index contributed by atoms with van der Waals surface area (Å²) in [4.78, 5) is 0. The monoisotopic (exact) mass is 454 g/mol. The number of furan rings is 1. The number of nitrogens with zero attached hydrogens (tertiary/aromatic N) is 1. The Morgan fingerprint density at radius 2 is 1.62 bits per heavy atom. The van der Waals surface area contributed by atoms with Crippen LogP contribution < -0.4 is 4.57 Å². The molecule has 0 aliphatic heterocycles. The molecule has 1 aliphatic rings. The van der Waals surface area contributed by atoms with Crippen molar-refractivity contribution in [2.75, 3.05) is 0 Å². The molecule has 3 heteroatoms. The van der Waals surface area contributed by atoms with Crippen molar-refractivity contribution in [1.82, 2.24) is 0 Å². The first-order chi connectivity index (χ1) is 18.1. The van der Waals surface area contributed by atoms with Crippen LogP contribution in [-0.2, 0) is 7.05 Å². The molecule has 1 aliphatic carbocycles. The lowest BCUT2D eigenvalue weighted by molar-refractivity contribution is -0.660. The molecular weight excluding hydrogens is 421 g/mol. The third-order valence-electron chi connectivity index (χ3n) is 7.15. The third kappa shape index (κ3) is 3.34. The van der Waals surface area contributed by atoms with Crippen molar-refractivity contribution in [3.63, 3.8) is 0 Å². The van der Waals surface area contributed by atoms with Crippen molar-refractivity contribution in [1.29, 1.82) is 0 Å². The topological polar surface area (TPSA) is 17.0 Å². The van der Waals surface area contributed by atoms with Gasteiger partial charge in [-0.3, -0.25) is 0 Å². The number of aromatic nitrogens is 1. The molecule has 5 aromatic rings. The van der Waals surface area contributed by atoms with Crippen LogP contribution in [-0.4, -0.2) is 0 Å². The molecular formula is C31H29FNO+. The Hall–Kier alpha value is -3.46. The largest absolute Gasteiger partial charge is 0.454 e. The van der Waals surface area contributed by atoms with E-state index in [1.54, 1.807) is 29.0 Å². The van der Waals surface area contributed by atoms with Gasteiger partial charge in [-0.2, -0.15) is 0 Å². The van der Waals surface area contributed by atoms with Crippen LogP contribution >= 0.6 is 0 Å². The van der Waals surface area contributed by atoms with Gasteiger partial charge in [-0.1, -0.05) is 49.2 Å². The van der Waals surface area contributed by atoms with Crippen molar-refractivity contribution in [3.05, 3.63) is 89.4 Å². The molecule has 2 heterocycles. The molecule has 0 N–H and O–H groups in total. The van der Waals surface area contributed by atoms with E-state index in [4.69, 9.17) is 9.90 Å². The minimum absolute atomic E-state index is 0.262. The Labute approximate surface area is 205 Å². The molecule has 34 heavy (non-hydrogen) atoms. The maximum absolute atomic E-state index is 15.4. The highest BCUT2D eigenvalue weighted by atomic mass is 19.1. The molecule has 0 saturated heterocycles. The van der Waals surface area contributed by atoms with E-state index in [1.165, 1.54) is 6.07 Å². The minimum atomic E-state index is -2.20. The van der Waals surface area contributed by atoms with Crippen LogP contribution in [0.4, 0.5) is 4.39 Å². The zero-order chi connectivity index (χ0) is 26.8. The second-order valence-electron chi connectivity index (χ2n) is 9.34. The highest BCUT2D eigenvalue weighted by Crippen LogP contribution is 2.42. The number of fused-ring (bicyclic) bond motifs is 3. The van der Waals surface area contributed by atoms with Gasteiger partial charge in [0.1, 0.15) is 24.0 Å². The van der Waals surface area contributed by atoms with Crippen molar-refractivity contribution >= 4 is 21.9 Å². The number of aryl methyl sites for hydroxylation is 3. The van der Waals surface area contributed by atoms with Crippen molar-refractivity contribution in [2.24, 2.45) is 7.05 Å². The quantitative estimate of drug-likeness (QED) is 0.251. The first-order valence-electron chi connectivity index (χ1n) is 13.8. The van der Waals surface area contributed by atoms with Gasteiger partial charge >= 0.3 is 0 Å². The average molecular weight is 455 g/mol. The predicted molar refractivity (Wildman–Crippen MR) is 136 cm³/mol. The van der Waals surface area contributed by atoms with E-state index in [9.17, 15) is 0 Å². The van der Waals surface area contributed by atoms with Crippen LogP contribution in [0, 0.1) is 19.6 Å². The summed E-state index contributed by atoms with van der Waals surface area (Å²) in [5, 5.41) is 1.69. The number of pyridine rings is 1. The van der Waals surface area contributed by atoms with Gasteiger partial charge in [-0.05, 0) is 67.4 Å². The Morgan fingerprint density at radius 1 is 0.912 bits per heavy atom. The van der Waals surface area contributed by atoms with Crippen LogP contribution in [0.2, 0.25) is 0 Å². The molecule has 170 valence electrons. The van der Waals surface area contributed by atoms with Crippen molar-refractivity contribution in [2.45, 2.75) is 45.4 Å². The van der Waals surface area contributed by atoms with E-state index >= 15 is 4.39 Å². The molecule has 0 bridgehead atoms. The summed E-state index contributed by atoms with van der Waals surface area (Å²) >= 11 is 0. The highest BCUT2D eigenvalue weighted by molar-refractivity contribution is 6.13. The molecule has 0 radical (unpaired) electrons. The van der Waals surface area contributed by atoms with E-state index < -0.39 is 12.7 Å². The molecule has 6 rings (SSSR count). The number of hydrogen-bond acceptors (Lipinski definition) is 1. The fourth-order valence-corrected chi connectivity index (χ4v) is 5.40. The maximum Gasteiger partial charge on any atom is 0.216 e. The van der Waals surface area contributed by atoms with Crippen molar-refractivity contribution in [3.8, 4) is 22.4 Å². The third-order valence-corrected chi connectivity index (χ3v) is 7.15. The molecule has 2 aromatic heterocycles. The van der Waals surface area contributed by atoms with Crippen molar-refractivity contribution < 1.29 is 18.9 Å². The van der Waals surface area contributed by atoms with Crippen LogP contribution in [0.1, 0.15) is 53.8 Å². The molecule has 1 saturated carbocycles. The van der Waals surface area contributed by atoms with Gasteiger partial charge in [0.25, 0.3) is 0 Å². The predicted octanol–water partition coefficient (Wildman–Crippen LogP) is 8.16. The van der Waals surface area contributed by atoms with E-state index in [1.807, 2.05) is 50.4 Å². The van der Waals surface area contributed by atoms with Gasteiger partial charge in [0, 0.05) is 27.9 Å². The van der Waals surface area contributed by atoms with Gasteiger partial charge in [-0.15, -0.1) is 0 Å². The number of benzene rings is 3. The Kier molecular flexibility index (Phi) is 4.06. The molecule has 3 aromatic carbocycles. The van der Waals surface area contributed by atoms with Crippen LogP contribution in [0.5, 0.6) is 0 Å². The summed E-state index contributed by atoms with van der Waals surface area (Å²) < 4.78 is 55.7. The van der Waals surface area contributed by atoms with E-state index in [2.05, 4.69) is 0 Å². The first-order valence-corrected chi connectivity index (χ1v) is 11.8. The van der Waals surface area contributed by atoms with Crippen LogP contribution in [0.25, 0.3) is 44.3 Å². The lowest BCUT2D eigenvalue weighted by atomic mass is 9.94. The summed E-state index contributed by atoms with van der Waals surface area (Å²) in [6, 6.07) is 18.4.